The summed E-state index contributed by atoms with van der Waals surface area (Å²) in [5.41, 5.74) is 0.816. The molecular weight excluding hydrogens is 518 g/mol. The molecule has 4 aromatic rings. The first-order valence-electron chi connectivity index (χ1n) is 11.0. The molecule has 204 valence electrons. The monoisotopic (exact) mass is 542 g/mol. The van der Waals surface area contributed by atoms with Crippen LogP contribution in [0.4, 0.5) is 8.78 Å². The molecule has 4 aromatic carbocycles. The molecule has 0 radical (unpaired) electrons. The number of halogens is 2. The van der Waals surface area contributed by atoms with E-state index < -0.39 is 40.4 Å². The van der Waals surface area contributed by atoms with Crippen LogP contribution < -0.4 is 0 Å². The van der Waals surface area contributed by atoms with Gasteiger partial charge in [-0.2, -0.15) is 0 Å². The largest absolute Gasteiger partial charge is 0.508 e. The van der Waals surface area contributed by atoms with Crippen LogP contribution in [-0.2, 0) is 17.6 Å². The van der Waals surface area contributed by atoms with E-state index >= 15 is 0 Å². The molecule has 7 N–H and O–H groups in total. The van der Waals surface area contributed by atoms with E-state index in [0.29, 0.717) is 11.1 Å². The quantitative estimate of drug-likeness (QED) is 0.177. The number of phenolic OH excluding ortho intramolecular Hbond substituents is 6. The van der Waals surface area contributed by atoms with Gasteiger partial charge in [-0.1, -0.05) is 24.3 Å². The van der Waals surface area contributed by atoms with Gasteiger partial charge in [0.15, 0.2) is 5.78 Å². The Morgan fingerprint density at radius 2 is 1.00 bits per heavy atom. The predicted octanol–water partition coefficient (Wildman–Crippen LogP) is 4.62. The number of carboxylic acid groups (broad SMARTS) is 1. The lowest BCUT2D eigenvalue weighted by Gasteiger charge is -2.06. The minimum atomic E-state index is -0.971. The van der Waals surface area contributed by atoms with Crippen molar-refractivity contribution in [2.45, 2.75) is 12.8 Å². The van der Waals surface area contributed by atoms with Crippen molar-refractivity contribution in [3.63, 3.8) is 0 Å². The fourth-order valence-electron chi connectivity index (χ4n) is 3.09. The van der Waals surface area contributed by atoms with Crippen molar-refractivity contribution >= 4 is 11.8 Å². The van der Waals surface area contributed by atoms with E-state index in [4.69, 9.17) is 30.6 Å². The number of Topliss-reactive ketones (excluding diaryl/α,β-unsaturated/α-hetero) is 1. The number of carbonyl (C=O) groups excluding carboxylic acids is 1. The first-order chi connectivity index (χ1) is 18.3. The first kappa shape index (κ1) is 29.9. The standard InChI is InChI=1S/C14H11FO4.C8H8O3.C6H5FO2/c15-11-6-10(17)7-13(19)14(11)12(18)5-8-1-3-9(16)4-2-8;9-7-3-1-6(2-4-7)5-8(10)11;7-4-1-5(8)3-6(9)2-4/h1-4,6-7,16-17,19H,5H2;1-4,9H,5H2,(H,10,11);1-3,8-9H. The van der Waals surface area contributed by atoms with Crippen molar-refractivity contribution in [3.05, 3.63) is 107 Å². The van der Waals surface area contributed by atoms with Crippen LogP contribution in [0.15, 0.2) is 78.9 Å². The van der Waals surface area contributed by atoms with Crippen LogP contribution in [0.3, 0.4) is 0 Å². The third kappa shape index (κ3) is 10.3. The molecule has 0 unspecified atom stereocenters. The van der Waals surface area contributed by atoms with Crippen molar-refractivity contribution in [2.24, 2.45) is 0 Å². The highest BCUT2D eigenvalue weighted by atomic mass is 19.1. The summed E-state index contributed by atoms with van der Waals surface area (Å²) in [5, 5.41) is 62.1. The molecule has 0 atom stereocenters. The number of ketones is 1. The first-order valence-corrected chi connectivity index (χ1v) is 11.0. The molecule has 0 saturated carbocycles. The second kappa shape index (κ2) is 13.8. The number of aliphatic carboxylic acids is 1. The molecule has 9 nitrogen and oxygen atoms in total. The summed E-state index contributed by atoms with van der Waals surface area (Å²) in [6.07, 6.45) is -0.115. The van der Waals surface area contributed by atoms with Crippen LogP contribution in [0.1, 0.15) is 21.5 Å². The minimum Gasteiger partial charge on any atom is -0.508 e. The molecule has 0 aliphatic rings. The highest BCUT2D eigenvalue weighted by Crippen LogP contribution is 2.27. The Labute approximate surface area is 220 Å². The molecule has 0 spiro atoms. The number of phenols is 6. The van der Waals surface area contributed by atoms with Gasteiger partial charge in [-0.05, 0) is 35.4 Å². The smallest absolute Gasteiger partial charge is 0.307 e. The maximum Gasteiger partial charge on any atom is 0.307 e. The maximum absolute atomic E-state index is 13.5. The predicted molar refractivity (Wildman–Crippen MR) is 135 cm³/mol. The fourth-order valence-corrected chi connectivity index (χ4v) is 3.09. The molecule has 39 heavy (non-hydrogen) atoms. The second-order valence-corrected chi connectivity index (χ2v) is 7.99. The van der Waals surface area contributed by atoms with Crippen LogP contribution in [0.25, 0.3) is 0 Å². The van der Waals surface area contributed by atoms with Crippen LogP contribution in [0, 0.1) is 11.6 Å². The van der Waals surface area contributed by atoms with E-state index in [0.717, 1.165) is 30.3 Å². The third-order valence-electron chi connectivity index (χ3n) is 4.79. The van der Waals surface area contributed by atoms with Gasteiger partial charge in [-0.25, -0.2) is 8.78 Å². The summed E-state index contributed by atoms with van der Waals surface area (Å²) in [6, 6.07) is 16.6. The van der Waals surface area contributed by atoms with Crippen molar-refractivity contribution < 1.29 is 54.1 Å². The number of carboxylic acids is 1. The SMILES string of the molecule is O=C(Cc1ccc(O)cc1)c1c(O)cc(O)cc1F.O=C(O)Cc1ccc(O)cc1.Oc1cc(O)cc(F)c1. The maximum atomic E-state index is 13.5. The zero-order chi connectivity index (χ0) is 29.1. The van der Waals surface area contributed by atoms with Crippen molar-refractivity contribution in [2.75, 3.05) is 0 Å². The lowest BCUT2D eigenvalue weighted by molar-refractivity contribution is -0.136. The summed E-state index contributed by atoms with van der Waals surface area (Å²) in [7, 11) is 0. The molecule has 0 heterocycles. The Morgan fingerprint density at radius 1 is 0.564 bits per heavy atom. The zero-order valence-corrected chi connectivity index (χ0v) is 20.1. The summed E-state index contributed by atoms with van der Waals surface area (Å²) in [5.74, 6) is -4.46. The van der Waals surface area contributed by atoms with Crippen molar-refractivity contribution in [1.82, 2.24) is 0 Å². The van der Waals surface area contributed by atoms with Crippen LogP contribution >= 0.6 is 0 Å². The summed E-state index contributed by atoms with van der Waals surface area (Å²) in [6.45, 7) is 0. The molecular formula is C28H24F2O9. The van der Waals surface area contributed by atoms with E-state index in [2.05, 4.69) is 0 Å². The van der Waals surface area contributed by atoms with Crippen molar-refractivity contribution in [3.8, 4) is 34.5 Å². The molecule has 11 heteroatoms. The Morgan fingerprint density at radius 3 is 1.41 bits per heavy atom. The molecule has 0 fully saturated rings. The van der Waals surface area contributed by atoms with Crippen molar-refractivity contribution in [1.29, 1.82) is 0 Å². The molecule has 0 amide bonds. The van der Waals surface area contributed by atoms with E-state index in [9.17, 15) is 23.5 Å². The summed E-state index contributed by atoms with van der Waals surface area (Å²) >= 11 is 0. The average molecular weight is 542 g/mol. The number of hydrogen-bond donors (Lipinski definition) is 7. The second-order valence-electron chi connectivity index (χ2n) is 7.99. The van der Waals surface area contributed by atoms with E-state index in [1.165, 1.54) is 36.4 Å². The fraction of sp³-hybridized carbons (Fsp3) is 0.0714. The number of carbonyl (C=O) groups is 2. The summed E-state index contributed by atoms with van der Waals surface area (Å²) in [4.78, 5) is 22.1. The van der Waals surface area contributed by atoms with E-state index in [1.807, 2.05) is 0 Å². The normalized spacial score (nSPS) is 9.90. The molecule has 0 aromatic heterocycles. The number of aromatic hydroxyl groups is 6. The van der Waals surface area contributed by atoms with Gasteiger partial charge in [-0.3, -0.25) is 9.59 Å². The van der Waals surface area contributed by atoms with Crippen LogP contribution in [0.5, 0.6) is 34.5 Å². The summed E-state index contributed by atoms with van der Waals surface area (Å²) < 4.78 is 25.7. The Balaban J connectivity index is 0.000000226. The topological polar surface area (TPSA) is 176 Å². The molecule has 0 aliphatic carbocycles. The highest BCUT2D eigenvalue weighted by Gasteiger charge is 2.18. The van der Waals surface area contributed by atoms with Gasteiger partial charge in [0.1, 0.15) is 46.1 Å². The number of rotatable bonds is 5. The van der Waals surface area contributed by atoms with Crippen LogP contribution in [0.2, 0.25) is 0 Å². The third-order valence-corrected chi connectivity index (χ3v) is 4.79. The van der Waals surface area contributed by atoms with Gasteiger partial charge in [0.25, 0.3) is 0 Å². The number of benzene rings is 4. The minimum absolute atomic E-state index is 0.000278. The van der Waals surface area contributed by atoms with Crippen LogP contribution in [-0.4, -0.2) is 47.5 Å². The van der Waals surface area contributed by atoms with Gasteiger partial charge < -0.3 is 35.7 Å². The molecule has 0 aliphatic heterocycles. The van der Waals surface area contributed by atoms with Gasteiger partial charge >= 0.3 is 5.97 Å². The Hall–Kier alpha value is -5.32. The number of hydrogen-bond acceptors (Lipinski definition) is 8. The molecule has 4 rings (SSSR count). The Kier molecular flexibility index (Phi) is 10.6. The van der Waals surface area contributed by atoms with Gasteiger partial charge in [0.05, 0.1) is 12.0 Å². The molecule has 0 saturated heterocycles. The van der Waals surface area contributed by atoms with Gasteiger partial charge in [-0.15, -0.1) is 0 Å². The highest BCUT2D eigenvalue weighted by molar-refractivity contribution is 6.00. The van der Waals surface area contributed by atoms with E-state index in [-0.39, 0.29) is 35.8 Å². The van der Waals surface area contributed by atoms with E-state index in [1.54, 1.807) is 12.1 Å². The van der Waals surface area contributed by atoms with Gasteiger partial charge in [0, 0.05) is 36.8 Å². The zero-order valence-electron chi connectivity index (χ0n) is 20.1. The lowest BCUT2D eigenvalue weighted by Crippen LogP contribution is -2.06. The molecule has 0 bridgehead atoms. The lowest BCUT2D eigenvalue weighted by atomic mass is 10.0. The Bertz CT molecular complexity index is 1350. The average Bonchev–Trinajstić information content (AvgIpc) is 2.81. The van der Waals surface area contributed by atoms with Gasteiger partial charge in [0.2, 0.25) is 0 Å².